The van der Waals surface area contributed by atoms with E-state index in [2.05, 4.69) is 5.32 Å². The first kappa shape index (κ1) is 24.7. The molecule has 0 saturated carbocycles. The highest BCUT2D eigenvalue weighted by Crippen LogP contribution is 2.26. The summed E-state index contributed by atoms with van der Waals surface area (Å²) in [5.41, 5.74) is 4.57. The van der Waals surface area contributed by atoms with Gasteiger partial charge in [0.05, 0.1) is 12.8 Å². The molecule has 0 spiro atoms. The minimum Gasteiger partial charge on any atom is -0.497 e. The fourth-order valence-corrected chi connectivity index (χ4v) is 3.87. The lowest BCUT2D eigenvalue weighted by Crippen LogP contribution is -2.37. The molecule has 0 atom stereocenters. The zero-order valence-electron chi connectivity index (χ0n) is 20.8. The maximum absolute atomic E-state index is 13.1. The van der Waals surface area contributed by atoms with Crippen LogP contribution in [0.15, 0.2) is 85.1 Å². The Bertz CT molecular complexity index is 1310. The lowest BCUT2D eigenvalue weighted by molar-refractivity contribution is -0.135. The number of nitrogens with zero attached hydrogens (tertiary/aromatic N) is 3. The van der Waals surface area contributed by atoms with Gasteiger partial charge in [-0.25, -0.2) is 4.98 Å². The standard InChI is InChI=1S/C29H30N4O3/c1-4-28(35)32(18-22-8-6-5-7-9-22)20-27(34)31-29-30-26(23-12-16-25(36-3)17-13-23)19-33(29)24-14-10-21(2)11-15-24/h5-17,19H,4,18,20H2,1-3H3,(H,30,31,34). The molecular weight excluding hydrogens is 452 g/mol. The lowest BCUT2D eigenvalue weighted by Gasteiger charge is -2.22. The van der Waals surface area contributed by atoms with Crippen molar-refractivity contribution in [3.8, 4) is 22.7 Å². The SMILES string of the molecule is CCC(=O)N(CC(=O)Nc1nc(-c2ccc(OC)cc2)cn1-c1ccc(C)cc1)Cc1ccccc1. The average Bonchev–Trinajstić information content (AvgIpc) is 3.32. The number of amides is 2. The number of hydrogen-bond donors (Lipinski definition) is 1. The van der Waals surface area contributed by atoms with Crippen LogP contribution in [0.2, 0.25) is 0 Å². The molecular formula is C29H30N4O3. The van der Waals surface area contributed by atoms with E-state index < -0.39 is 0 Å². The molecule has 1 aromatic heterocycles. The molecule has 1 N–H and O–H groups in total. The highest BCUT2D eigenvalue weighted by molar-refractivity contribution is 5.93. The highest BCUT2D eigenvalue weighted by atomic mass is 16.5. The number of nitrogens with one attached hydrogen (secondary N) is 1. The molecule has 7 heteroatoms. The van der Waals surface area contributed by atoms with Crippen LogP contribution < -0.4 is 10.1 Å². The van der Waals surface area contributed by atoms with E-state index in [-0.39, 0.29) is 18.4 Å². The summed E-state index contributed by atoms with van der Waals surface area (Å²) in [6, 6.07) is 25.2. The fourth-order valence-electron chi connectivity index (χ4n) is 3.87. The number of carbonyl (C=O) groups is 2. The zero-order chi connectivity index (χ0) is 25.5. The first-order valence-electron chi connectivity index (χ1n) is 11.9. The van der Waals surface area contributed by atoms with E-state index in [1.54, 1.807) is 18.9 Å². The van der Waals surface area contributed by atoms with Crippen molar-refractivity contribution in [3.05, 3.63) is 96.2 Å². The predicted octanol–water partition coefficient (Wildman–Crippen LogP) is 5.23. The maximum Gasteiger partial charge on any atom is 0.246 e. The number of benzene rings is 3. The topological polar surface area (TPSA) is 76.5 Å². The van der Waals surface area contributed by atoms with Gasteiger partial charge in [0.15, 0.2) is 0 Å². The van der Waals surface area contributed by atoms with Crippen LogP contribution in [0.3, 0.4) is 0 Å². The van der Waals surface area contributed by atoms with E-state index in [9.17, 15) is 9.59 Å². The van der Waals surface area contributed by atoms with Gasteiger partial charge in [0.1, 0.15) is 12.3 Å². The number of carbonyl (C=O) groups excluding carboxylic acids is 2. The Kier molecular flexibility index (Phi) is 7.80. The van der Waals surface area contributed by atoms with Crippen LogP contribution in [0.5, 0.6) is 5.75 Å². The summed E-state index contributed by atoms with van der Waals surface area (Å²) in [7, 11) is 1.62. The minimum atomic E-state index is -0.312. The quantitative estimate of drug-likeness (QED) is 0.354. The molecule has 0 aliphatic rings. The highest BCUT2D eigenvalue weighted by Gasteiger charge is 2.19. The van der Waals surface area contributed by atoms with Gasteiger partial charge < -0.3 is 9.64 Å². The molecule has 0 unspecified atom stereocenters. The van der Waals surface area contributed by atoms with Crippen molar-refractivity contribution in [2.24, 2.45) is 0 Å². The van der Waals surface area contributed by atoms with Crippen LogP contribution in [0, 0.1) is 6.92 Å². The monoisotopic (exact) mass is 482 g/mol. The van der Waals surface area contributed by atoms with E-state index in [1.807, 2.05) is 96.6 Å². The third-order valence-electron chi connectivity index (χ3n) is 5.86. The summed E-state index contributed by atoms with van der Waals surface area (Å²) in [5.74, 6) is 0.741. The Hall–Kier alpha value is -4.39. The van der Waals surface area contributed by atoms with Crippen molar-refractivity contribution >= 4 is 17.8 Å². The first-order chi connectivity index (χ1) is 17.5. The normalized spacial score (nSPS) is 10.6. The lowest BCUT2D eigenvalue weighted by atomic mass is 10.1. The Morgan fingerprint density at radius 2 is 1.67 bits per heavy atom. The summed E-state index contributed by atoms with van der Waals surface area (Å²) in [6.45, 7) is 4.11. The summed E-state index contributed by atoms with van der Waals surface area (Å²) < 4.78 is 7.11. The van der Waals surface area contributed by atoms with Crippen molar-refractivity contribution in [2.75, 3.05) is 19.0 Å². The molecule has 36 heavy (non-hydrogen) atoms. The van der Waals surface area contributed by atoms with Crippen LogP contribution in [0.1, 0.15) is 24.5 Å². The number of methoxy groups -OCH3 is 1. The van der Waals surface area contributed by atoms with Gasteiger partial charge in [-0.15, -0.1) is 0 Å². The summed E-state index contributed by atoms with van der Waals surface area (Å²) in [4.78, 5) is 32.0. The molecule has 0 saturated heterocycles. The fraction of sp³-hybridized carbons (Fsp3) is 0.207. The average molecular weight is 483 g/mol. The first-order valence-corrected chi connectivity index (χ1v) is 11.9. The smallest absolute Gasteiger partial charge is 0.246 e. The summed E-state index contributed by atoms with van der Waals surface area (Å²) in [5, 5.41) is 2.93. The Morgan fingerprint density at radius 3 is 2.31 bits per heavy atom. The number of aromatic nitrogens is 2. The summed E-state index contributed by atoms with van der Waals surface area (Å²) >= 11 is 0. The third-order valence-corrected chi connectivity index (χ3v) is 5.86. The Morgan fingerprint density at radius 1 is 0.972 bits per heavy atom. The molecule has 184 valence electrons. The van der Waals surface area contributed by atoms with Crippen LogP contribution in [0.4, 0.5) is 5.95 Å². The van der Waals surface area contributed by atoms with Crippen LogP contribution in [0.25, 0.3) is 16.9 Å². The number of aryl methyl sites for hydroxylation is 1. The van der Waals surface area contributed by atoms with Gasteiger partial charge in [-0.1, -0.05) is 55.0 Å². The molecule has 3 aromatic carbocycles. The van der Waals surface area contributed by atoms with E-state index in [0.717, 1.165) is 28.1 Å². The maximum atomic E-state index is 13.1. The Balaban J connectivity index is 1.60. The van der Waals surface area contributed by atoms with Gasteiger partial charge in [-0.2, -0.15) is 0 Å². The number of anilines is 1. The zero-order valence-corrected chi connectivity index (χ0v) is 20.8. The molecule has 7 nitrogen and oxygen atoms in total. The molecule has 4 rings (SSSR count). The number of hydrogen-bond acceptors (Lipinski definition) is 4. The molecule has 4 aromatic rings. The second-order valence-corrected chi connectivity index (χ2v) is 8.52. The number of imidazole rings is 1. The van der Waals surface area contributed by atoms with E-state index in [1.165, 1.54) is 0 Å². The molecule has 0 fully saturated rings. The van der Waals surface area contributed by atoms with Crippen molar-refractivity contribution in [2.45, 2.75) is 26.8 Å². The molecule has 0 bridgehead atoms. The van der Waals surface area contributed by atoms with E-state index in [4.69, 9.17) is 9.72 Å². The van der Waals surface area contributed by atoms with Crippen molar-refractivity contribution in [1.82, 2.24) is 14.5 Å². The van der Waals surface area contributed by atoms with Gasteiger partial charge >= 0.3 is 0 Å². The van der Waals surface area contributed by atoms with Crippen LogP contribution in [-0.4, -0.2) is 39.9 Å². The van der Waals surface area contributed by atoms with Crippen molar-refractivity contribution in [1.29, 1.82) is 0 Å². The van der Waals surface area contributed by atoms with E-state index >= 15 is 0 Å². The molecule has 0 aliphatic carbocycles. The van der Waals surface area contributed by atoms with Gasteiger partial charge in [0.25, 0.3) is 0 Å². The molecule has 2 amide bonds. The van der Waals surface area contributed by atoms with Gasteiger partial charge in [0.2, 0.25) is 17.8 Å². The van der Waals surface area contributed by atoms with Gasteiger partial charge in [0, 0.05) is 30.4 Å². The number of rotatable bonds is 9. The van der Waals surface area contributed by atoms with Crippen LogP contribution >= 0.6 is 0 Å². The minimum absolute atomic E-state index is 0.0693. The van der Waals surface area contributed by atoms with Crippen molar-refractivity contribution in [3.63, 3.8) is 0 Å². The van der Waals surface area contributed by atoms with Crippen LogP contribution in [-0.2, 0) is 16.1 Å². The van der Waals surface area contributed by atoms with Crippen molar-refractivity contribution < 1.29 is 14.3 Å². The second kappa shape index (κ2) is 11.4. The molecule has 0 radical (unpaired) electrons. The Labute approximate surface area is 211 Å². The van der Waals surface area contributed by atoms with Gasteiger partial charge in [-0.3, -0.25) is 19.5 Å². The second-order valence-electron chi connectivity index (χ2n) is 8.52. The van der Waals surface area contributed by atoms with E-state index in [0.29, 0.717) is 24.6 Å². The predicted molar refractivity (Wildman–Crippen MR) is 141 cm³/mol. The third kappa shape index (κ3) is 5.99. The number of ether oxygens (including phenoxy) is 1. The molecule has 0 aliphatic heterocycles. The molecule has 1 heterocycles. The van der Waals surface area contributed by atoms with Gasteiger partial charge in [-0.05, 0) is 48.9 Å². The summed E-state index contributed by atoms with van der Waals surface area (Å²) in [6.07, 6.45) is 2.21. The largest absolute Gasteiger partial charge is 0.497 e.